The van der Waals surface area contributed by atoms with Crippen LogP contribution < -0.4 is 5.32 Å². The lowest BCUT2D eigenvalue weighted by Crippen LogP contribution is -2.33. The molecule has 3 rings (SSSR count). The van der Waals surface area contributed by atoms with E-state index in [4.69, 9.17) is 0 Å². The molecule has 2 unspecified atom stereocenters. The van der Waals surface area contributed by atoms with Gasteiger partial charge in [-0.1, -0.05) is 32.0 Å². The molecular formula is C19H26N2. The molecule has 2 heteroatoms. The molecule has 1 aromatic carbocycles. The Kier molecular flexibility index (Phi) is 3.99. The Balaban J connectivity index is 2.04. The van der Waals surface area contributed by atoms with Gasteiger partial charge in [-0.25, -0.2) is 0 Å². The number of hydrogen-bond acceptors (Lipinski definition) is 2. The van der Waals surface area contributed by atoms with Crippen LogP contribution in [0.1, 0.15) is 44.6 Å². The van der Waals surface area contributed by atoms with Crippen molar-refractivity contribution >= 4 is 10.8 Å². The summed E-state index contributed by atoms with van der Waals surface area (Å²) in [4.78, 5) is 4.27. The lowest BCUT2D eigenvalue weighted by atomic mass is 9.64. The Labute approximate surface area is 128 Å². The van der Waals surface area contributed by atoms with Crippen molar-refractivity contribution in [2.24, 2.45) is 11.3 Å². The van der Waals surface area contributed by atoms with Gasteiger partial charge in [0.15, 0.2) is 0 Å². The third-order valence-corrected chi connectivity index (χ3v) is 5.11. The van der Waals surface area contributed by atoms with Gasteiger partial charge in [0.2, 0.25) is 0 Å². The van der Waals surface area contributed by atoms with E-state index in [0.717, 1.165) is 12.5 Å². The molecule has 0 radical (unpaired) electrons. The molecule has 1 heterocycles. The van der Waals surface area contributed by atoms with E-state index in [1.54, 1.807) is 0 Å². The summed E-state index contributed by atoms with van der Waals surface area (Å²) in [7, 11) is 2.07. The first kappa shape index (κ1) is 14.5. The Hall–Kier alpha value is -1.41. The molecule has 0 aliphatic heterocycles. The fourth-order valence-electron chi connectivity index (χ4n) is 3.98. The van der Waals surface area contributed by atoms with Gasteiger partial charge in [-0.05, 0) is 67.1 Å². The zero-order valence-corrected chi connectivity index (χ0v) is 13.4. The van der Waals surface area contributed by atoms with Gasteiger partial charge in [0.1, 0.15) is 0 Å². The molecule has 2 atom stereocenters. The summed E-state index contributed by atoms with van der Waals surface area (Å²) in [5.74, 6) is 1.38. The van der Waals surface area contributed by atoms with Gasteiger partial charge >= 0.3 is 0 Å². The normalized spacial score (nSPS) is 25.1. The van der Waals surface area contributed by atoms with E-state index in [1.807, 2.05) is 12.4 Å². The van der Waals surface area contributed by atoms with Crippen molar-refractivity contribution < 1.29 is 0 Å². The monoisotopic (exact) mass is 282 g/mol. The SMILES string of the molecule is CNCC1CCC(C)(C)CC1c1cccc2cnccc12. The number of pyridine rings is 1. The number of rotatable bonds is 3. The summed E-state index contributed by atoms with van der Waals surface area (Å²) in [5.41, 5.74) is 1.97. The fourth-order valence-corrected chi connectivity index (χ4v) is 3.98. The molecule has 2 aromatic rings. The van der Waals surface area contributed by atoms with E-state index in [1.165, 1.54) is 35.6 Å². The maximum absolute atomic E-state index is 4.27. The van der Waals surface area contributed by atoms with Crippen LogP contribution in [-0.4, -0.2) is 18.6 Å². The highest BCUT2D eigenvalue weighted by Crippen LogP contribution is 2.47. The second-order valence-electron chi connectivity index (χ2n) is 7.28. The molecule has 1 N–H and O–H groups in total. The molecule has 1 aliphatic carbocycles. The highest BCUT2D eigenvalue weighted by atomic mass is 14.8. The summed E-state index contributed by atoms with van der Waals surface area (Å²) >= 11 is 0. The van der Waals surface area contributed by atoms with Gasteiger partial charge in [-0.2, -0.15) is 0 Å². The van der Waals surface area contributed by atoms with Gasteiger partial charge in [0.25, 0.3) is 0 Å². The van der Waals surface area contributed by atoms with Crippen LogP contribution >= 0.6 is 0 Å². The highest BCUT2D eigenvalue weighted by molar-refractivity contribution is 5.85. The van der Waals surface area contributed by atoms with Crippen molar-refractivity contribution in [3.63, 3.8) is 0 Å². The van der Waals surface area contributed by atoms with Crippen molar-refractivity contribution in [3.05, 3.63) is 42.2 Å². The minimum absolute atomic E-state index is 0.449. The molecule has 0 bridgehead atoms. The van der Waals surface area contributed by atoms with Crippen LogP contribution in [0, 0.1) is 11.3 Å². The van der Waals surface area contributed by atoms with E-state index in [0.29, 0.717) is 11.3 Å². The molecular weight excluding hydrogens is 256 g/mol. The van der Waals surface area contributed by atoms with Gasteiger partial charge in [0.05, 0.1) is 0 Å². The summed E-state index contributed by atoms with van der Waals surface area (Å²) < 4.78 is 0. The molecule has 21 heavy (non-hydrogen) atoms. The van der Waals surface area contributed by atoms with E-state index >= 15 is 0 Å². The largest absolute Gasteiger partial charge is 0.319 e. The summed E-state index contributed by atoms with van der Waals surface area (Å²) in [6, 6.07) is 8.88. The number of nitrogens with one attached hydrogen (secondary N) is 1. The van der Waals surface area contributed by atoms with Crippen LogP contribution in [0.3, 0.4) is 0 Å². The summed E-state index contributed by atoms with van der Waals surface area (Å²) in [6.07, 6.45) is 7.84. The molecule has 1 aliphatic rings. The molecule has 0 saturated heterocycles. The number of hydrogen-bond donors (Lipinski definition) is 1. The van der Waals surface area contributed by atoms with E-state index in [-0.39, 0.29) is 0 Å². The number of benzene rings is 1. The molecule has 0 amide bonds. The molecule has 112 valence electrons. The van der Waals surface area contributed by atoms with E-state index in [2.05, 4.69) is 55.5 Å². The Morgan fingerprint density at radius 2 is 2.14 bits per heavy atom. The predicted octanol–water partition coefficient (Wildman–Crippen LogP) is 4.36. The van der Waals surface area contributed by atoms with Crippen molar-refractivity contribution in [1.82, 2.24) is 10.3 Å². The van der Waals surface area contributed by atoms with Gasteiger partial charge < -0.3 is 5.32 Å². The maximum atomic E-state index is 4.27. The van der Waals surface area contributed by atoms with Gasteiger partial charge in [0, 0.05) is 17.8 Å². The molecule has 1 fully saturated rings. The van der Waals surface area contributed by atoms with Crippen molar-refractivity contribution in [2.75, 3.05) is 13.6 Å². The Morgan fingerprint density at radius 1 is 1.29 bits per heavy atom. The standard InChI is InChI=1S/C19H26N2/c1-19(2)9-7-15(12-20-3)18(11-19)17-6-4-5-14-13-21-10-8-16(14)17/h4-6,8,10,13,15,18,20H,7,9,11-12H2,1-3H3. The maximum Gasteiger partial charge on any atom is 0.0346 e. The van der Waals surface area contributed by atoms with Crippen LogP contribution in [0.2, 0.25) is 0 Å². The highest BCUT2D eigenvalue weighted by Gasteiger charge is 2.35. The third-order valence-electron chi connectivity index (χ3n) is 5.11. The average Bonchev–Trinajstić information content (AvgIpc) is 2.48. The second-order valence-corrected chi connectivity index (χ2v) is 7.28. The van der Waals surface area contributed by atoms with Crippen molar-refractivity contribution in [1.29, 1.82) is 0 Å². The van der Waals surface area contributed by atoms with Crippen LogP contribution in [0.25, 0.3) is 10.8 Å². The summed E-state index contributed by atoms with van der Waals surface area (Å²) in [5, 5.41) is 6.05. The number of nitrogens with zero attached hydrogens (tertiary/aromatic N) is 1. The first-order valence-electron chi connectivity index (χ1n) is 8.08. The van der Waals surface area contributed by atoms with Crippen molar-refractivity contribution in [2.45, 2.75) is 39.0 Å². The fraction of sp³-hybridized carbons (Fsp3) is 0.526. The van der Waals surface area contributed by atoms with Crippen LogP contribution in [0.15, 0.2) is 36.7 Å². The van der Waals surface area contributed by atoms with Crippen LogP contribution in [-0.2, 0) is 0 Å². The second kappa shape index (κ2) is 5.76. The van der Waals surface area contributed by atoms with Gasteiger partial charge in [-0.3, -0.25) is 4.98 Å². The molecule has 2 nitrogen and oxygen atoms in total. The Bertz CT molecular complexity index is 612. The van der Waals surface area contributed by atoms with E-state index < -0.39 is 0 Å². The molecule has 1 aromatic heterocycles. The lowest BCUT2D eigenvalue weighted by molar-refractivity contribution is 0.162. The quantitative estimate of drug-likeness (QED) is 0.904. The minimum atomic E-state index is 0.449. The smallest absolute Gasteiger partial charge is 0.0346 e. The summed E-state index contributed by atoms with van der Waals surface area (Å²) in [6.45, 7) is 5.95. The van der Waals surface area contributed by atoms with Gasteiger partial charge in [-0.15, -0.1) is 0 Å². The topological polar surface area (TPSA) is 24.9 Å². The van der Waals surface area contributed by atoms with Crippen LogP contribution in [0.5, 0.6) is 0 Å². The zero-order chi connectivity index (χ0) is 14.9. The minimum Gasteiger partial charge on any atom is -0.319 e. The number of aromatic nitrogens is 1. The van der Waals surface area contributed by atoms with E-state index in [9.17, 15) is 0 Å². The average molecular weight is 282 g/mol. The predicted molar refractivity (Wildman–Crippen MR) is 89.5 cm³/mol. The zero-order valence-electron chi connectivity index (χ0n) is 13.4. The Morgan fingerprint density at radius 3 is 2.95 bits per heavy atom. The molecule has 1 saturated carbocycles. The molecule has 0 spiro atoms. The third kappa shape index (κ3) is 2.96. The van der Waals surface area contributed by atoms with Crippen molar-refractivity contribution in [3.8, 4) is 0 Å². The number of fused-ring (bicyclic) bond motifs is 1. The first-order valence-corrected chi connectivity index (χ1v) is 8.08. The first-order chi connectivity index (χ1) is 10.1. The van der Waals surface area contributed by atoms with Crippen LogP contribution in [0.4, 0.5) is 0 Å². The lowest BCUT2D eigenvalue weighted by Gasteiger charge is -2.41.